The van der Waals surface area contributed by atoms with Crippen molar-refractivity contribution in [1.29, 1.82) is 0 Å². The van der Waals surface area contributed by atoms with Gasteiger partial charge in [-0.2, -0.15) is 0 Å². The van der Waals surface area contributed by atoms with Crippen LogP contribution in [-0.4, -0.2) is 20.4 Å². The number of hydrogen-bond donors (Lipinski definition) is 2. The summed E-state index contributed by atoms with van der Waals surface area (Å²) >= 11 is 0. The number of amides is 1. The first-order valence-corrected chi connectivity index (χ1v) is 11.6. The van der Waals surface area contributed by atoms with E-state index < -0.39 is 10.0 Å². The monoisotopic (exact) mass is 436 g/mol. The van der Waals surface area contributed by atoms with Gasteiger partial charge < -0.3 is 9.73 Å². The minimum absolute atomic E-state index is 0.163. The van der Waals surface area contributed by atoms with Crippen LogP contribution in [0.2, 0.25) is 0 Å². The second-order valence-electron chi connectivity index (χ2n) is 7.80. The Morgan fingerprint density at radius 3 is 2.65 bits per heavy atom. The molecule has 2 N–H and O–H groups in total. The summed E-state index contributed by atoms with van der Waals surface area (Å²) in [7, 11) is -3.58. The summed E-state index contributed by atoms with van der Waals surface area (Å²) in [5, 5.41) is 5.96. The average molecular weight is 437 g/mol. The van der Waals surface area contributed by atoms with Crippen LogP contribution in [0.25, 0.3) is 21.7 Å². The van der Waals surface area contributed by atoms with Crippen molar-refractivity contribution < 1.29 is 17.6 Å². The van der Waals surface area contributed by atoms with E-state index in [-0.39, 0.29) is 29.8 Å². The van der Waals surface area contributed by atoms with Crippen molar-refractivity contribution in [3.05, 3.63) is 78.1 Å². The van der Waals surface area contributed by atoms with Crippen LogP contribution in [0.15, 0.2) is 76.2 Å². The molecule has 0 saturated carbocycles. The normalized spacial score (nSPS) is 12.0. The van der Waals surface area contributed by atoms with Gasteiger partial charge in [0.15, 0.2) is 0 Å². The minimum Gasteiger partial charge on any atom is -0.464 e. The zero-order valence-electron chi connectivity index (χ0n) is 17.4. The molecule has 0 atom stereocenters. The number of rotatable bonds is 7. The third kappa shape index (κ3) is 4.62. The van der Waals surface area contributed by atoms with Crippen molar-refractivity contribution in [3.8, 4) is 0 Å². The molecule has 7 heteroatoms. The molecule has 0 spiro atoms. The highest BCUT2D eigenvalue weighted by molar-refractivity contribution is 7.89. The van der Waals surface area contributed by atoms with Crippen LogP contribution in [0.4, 0.5) is 0 Å². The summed E-state index contributed by atoms with van der Waals surface area (Å²) < 4.78 is 32.9. The summed E-state index contributed by atoms with van der Waals surface area (Å²) in [6, 6.07) is 18.3. The SMILES string of the molecule is CC(C)NS(=O)(=O)c1cccc(CNC(=O)Cc2coc3ccc4ccccc4c23)c1. The molecule has 1 heterocycles. The Morgan fingerprint density at radius 2 is 1.84 bits per heavy atom. The number of nitrogens with one attached hydrogen (secondary N) is 2. The third-order valence-electron chi connectivity index (χ3n) is 4.98. The predicted molar refractivity (Wildman–Crippen MR) is 121 cm³/mol. The zero-order chi connectivity index (χ0) is 22.0. The fourth-order valence-electron chi connectivity index (χ4n) is 3.64. The molecule has 0 aliphatic carbocycles. The molecule has 0 aliphatic rings. The van der Waals surface area contributed by atoms with Crippen LogP contribution in [0.1, 0.15) is 25.0 Å². The van der Waals surface area contributed by atoms with E-state index >= 15 is 0 Å². The smallest absolute Gasteiger partial charge is 0.240 e. The maximum atomic E-state index is 12.6. The maximum absolute atomic E-state index is 12.6. The van der Waals surface area contributed by atoms with Crippen LogP contribution >= 0.6 is 0 Å². The lowest BCUT2D eigenvalue weighted by Crippen LogP contribution is -2.30. The topological polar surface area (TPSA) is 88.4 Å². The first-order valence-electron chi connectivity index (χ1n) is 10.1. The Balaban J connectivity index is 1.48. The summed E-state index contributed by atoms with van der Waals surface area (Å²) in [5.41, 5.74) is 2.28. The highest BCUT2D eigenvalue weighted by Crippen LogP contribution is 2.30. The van der Waals surface area contributed by atoms with Gasteiger partial charge in [-0.05, 0) is 48.4 Å². The second-order valence-corrected chi connectivity index (χ2v) is 9.51. The average Bonchev–Trinajstić information content (AvgIpc) is 3.15. The van der Waals surface area contributed by atoms with Crippen LogP contribution in [0.5, 0.6) is 0 Å². The molecule has 160 valence electrons. The summed E-state index contributed by atoms with van der Waals surface area (Å²) in [6.45, 7) is 3.77. The Hall–Kier alpha value is -3.16. The Morgan fingerprint density at radius 1 is 1.03 bits per heavy atom. The second kappa shape index (κ2) is 8.53. The molecule has 0 unspecified atom stereocenters. The van der Waals surface area contributed by atoms with Gasteiger partial charge in [0.2, 0.25) is 15.9 Å². The molecule has 4 aromatic rings. The van der Waals surface area contributed by atoms with E-state index in [1.54, 1.807) is 44.4 Å². The van der Waals surface area contributed by atoms with Gasteiger partial charge in [0.25, 0.3) is 0 Å². The molecular weight excluding hydrogens is 412 g/mol. The van der Waals surface area contributed by atoms with Gasteiger partial charge in [-0.3, -0.25) is 4.79 Å². The van der Waals surface area contributed by atoms with Gasteiger partial charge in [0, 0.05) is 23.5 Å². The van der Waals surface area contributed by atoms with Crippen LogP contribution in [0.3, 0.4) is 0 Å². The van der Waals surface area contributed by atoms with E-state index in [9.17, 15) is 13.2 Å². The van der Waals surface area contributed by atoms with Gasteiger partial charge >= 0.3 is 0 Å². The molecule has 0 radical (unpaired) electrons. The molecule has 0 fully saturated rings. The standard InChI is InChI=1S/C24H24N2O4S/c1-16(2)26-31(28,29)20-8-5-6-17(12-20)14-25-23(27)13-19-15-30-22-11-10-18-7-3-4-9-21(18)24(19)22/h3-12,15-16,26H,13-14H2,1-2H3,(H,25,27). The van der Waals surface area contributed by atoms with E-state index in [0.29, 0.717) is 5.56 Å². The number of carbonyl (C=O) groups is 1. The quantitative estimate of drug-likeness (QED) is 0.456. The van der Waals surface area contributed by atoms with Crippen molar-refractivity contribution in [1.82, 2.24) is 10.0 Å². The largest absolute Gasteiger partial charge is 0.464 e. The fourth-order valence-corrected chi connectivity index (χ4v) is 4.96. The molecule has 1 amide bonds. The summed E-state index contributed by atoms with van der Waals surface area (Å²) in [5.74, 6) is -0.163. The fraction of sp³-hybridized carbons (Fsp3) is 0.208. The maximum Gasteiger partial charge on any atom is 0.240 e. The zero-order valence-corrected chi connectivity index (χ0v) is 18.2. The van der Waals surface area contributed by atoms with E-state index in [2.05, 4.69) is 10.0 Å². The van der Waals surface area contributed by atoms with E-state index in [0.717, 1.165) is 27.3 Å². The van der Waals surface area contributed by atoms with Crippen molar-refractivity contribution in [3.63, 3.8) is 0 Å². The molecular formula is C24H24N2O4S. The van der Waals surface area contributed by atoms with E-state index in [4.69, 9.17) is 4.42 Å². The van der Waals surface area contributed by atoms with Crippen LogP contribution in [-0.2, 0) is 27.8 Å². The lowest BCUT2D eigenvalue weighted by atomic mass is 10.0. The molecule has 1 aromatic heterocycles. The third-order valence-corrected chi connectivity index (χ3v) is 6.64. The van der Waals surface area contributed by atoms with Crippen molar-refractivity contribution in [2.24, 2.45) is 0 Å². The number of carbonyl (C=O) groups excluding carboxylic acids is 1. The van der Waals surface area contributed by atoms with Gasteiger partial charge in [0.05, 0.1) is 17.6 Å². The highest BCUT2D eigenvalue weighted by Gasteiger charge is 2.16. The highest BCUT2D eigenvalue weighted by atomic mass is 32.2. The summed E-state index contributed by atoms with van der Waals surface area (Å²) in [6.07, 6.45) is 1.80. The van der Waals surface area contributed by atoms with Gasteiger partial charge in [-0.1, -0.05) is 42.5 Å². The van der Waals surface area contributed by atoms with Gasteiger partial charge in [0.1, 0.15) is 5.58 Å². The first kappa shape index (κ1) is 21.1. The molecule has 0 aliphatic heterocycles. The Kier molecular flexibility index (Phi) is 5.80. The van der Waals surface area contributed by atoms with Crippen molar-refractivity contribution in [2.75, 3.05) is 0 Å². The first-order chi connectivity index (χ1) is 14.8. The van der Waals surface area contributed by atoms with Crippen LogP contribution < -0.4 is 10.0 Å². The van der Waals surface area contributed by atoms with E-state index in [1.807, 2.05) is 36.4 Å². The molecule has 4 rings (SSSR count). The lowest BCUT2D eigenvalue weighted by Gasteiger charge is -2.11. The number of benzene rings is 3. The molecule has 6 nitrogen and oxygen atoms in total. The number of hydrogen-bond acceptors (Lipinski definition) is 4. The minimum atomic E-state index is -3.58. The van der Waals surface area contributed by atoms with Crippen LogP contribution in [0, 0.1) is 0 Å². The summed E-state index contributed by atoms with van der Waals surface area (Å²) in [4.78, 5) is 12.8. The van der Waals surface area contributed by atoms with Crippen molar-refractivity contribution in [2.45, 2.75) is 37.8 Å². The number of sulfonamides is 1. The lowest BCUT2D eigenvalue weighted by molar-refractivity contribution is -0.120. The van der Waals surface area contributed by atoms with Crippen molar-refractivity contribution >= 4 is 37.7 Å². The number of fused-ring (bicyclic) bond motifs is 3. The van der Waals surface area contributed by atoms with Gasteiger partial charge in [-0.15, -0.1) is 0 Å². The predicted octanol–water partition coefficient (Wildman–Crippen LogP) is 4.13. The molecule has 0 bridgehead atoms. The number of furan rings is 1. The van der Waals surface area contributed by atoms with E-state index in [1.165, 1.54) is 0 Å². The molecule has 0 saturated heterocycles. The molecule has 3 aromatic carbocycles. The Bertz CT molecular complexity index is 1360. The Labute approximate surface area is 181 Å². The van der Waals surface area contributed by atoms with Gasteiger partial charge in [-0.25, -0.2) is 13.1 Å². The molecule has 31 heavy (non-hydrogen) atoms.